The first-order valence-corrected chi connectivity index (χ1v) is 6.42. The Labute approximate surface area is 115 Å². The fourth-order valence-electron chi connectivity index (χ4n) is 1.91. The molecule has 0 unspecified atom stereocenters. The van der Waals surface area contributed by atoms with E-state index in [-0.39, 0.29) is 0 Å². The van der Waals surface area contributed by atoms with Gasteiger partial charge in [-0.3, -0.25) is 0 Å². The Morgan fingerprint density at radius 1 is 1.10 bits per heavy atom. The van der Waals surface area contributed by atoms with Gasteiger partial charge in [0.05, 0.1) is 17.5 Å². The summed E-state index contributed by atoms with van der Waals surface area (Å²) in [6.07, 6.45) is -0.00904. The van der Waals surface area contributed by atoms with E-state index in [0.29, 0.717) is 12.1 Å². The van der Waals surface area contributed by atoms with E-state index in [1.54, 1.807) is 6.20 Å². The second-order valence-corrected chi connectivity index (χ2v) is 4.56. The van der Waals surface area contributed by atoms with Gasteiger partial charge in [-0.1, -0.05) is 12.1 Å². The number of nitrogens with one attached hydrogen (secondary N) is 1. The molecule has 0 aliphatic heterocycles. The molecule has 20 heavy (non-hydrogen) atoms. The molecule has 108 valence electrons. The van der Waals surface area contributed by atoms with Gasteiger partial charge in [0.15, 0.2) is 0 Å². The van der Waals surface area contributed by atoms with Crippen molar-refractivity contribution in [3.05, 3.63) is 41.9 Å². The zero-order chi connectivity index (χ0) is 14.6. The number of H-pyrrole nitrogens is 1. The molecule has 1 heterocycles. The van der Waals surface area contributed by atoms with Crippen molar-refractivity contribution in [1.29, 1.82) is 0 Å². The summed E-state index contributed by atoms with van der Waals surface area (Å²) in [5.41, 5.74) is 6.18. The topological polar surface area (TPSA) is 54.7 Å². The summed E-state index contributed by atoms with van der Waals surface area (Å²) in [7, 11) is 0. The minimum absolute atomic E-state index is 0.645. The molecule has 0 radical (unpaired) electrons. The number of benzene rings is 1. The van der Waals surface area contributed by atoms with Crippen LogP contribution in [0.25, 0.3) is 11.3 Å². The number of aryl methyl sites for hydroxylation is 1. The number of unbranched alkanes of at least 4 members (excludes halogenated alkanes) is 1. The molecule has 0 atom stereocenters. The number of alkyl halides is 3. The molecule has 0 saturated carbocycles. The van der Waals surface area contributed by atoms with Crippen molar-refractivity contribution in [3.8, 4) is 11.3 Å². The molecule has 3 N–H and O–H groups in total. The minimum atomic E-state index is -4.31. The van der Waals surface area contributed by atoms with E-state index >= 15 is 0 Å². The summed E-state index contributed by atoms with van der Waals surface area (Å²) < 4.78 is 37.4. The van der Waals surface area contributed by atoms with Crippen molar-refractivity contribution in [2.75, 3.05) is 6.54 Å². The third-order valence-electron chi connectivity index (χ3n) is 3.02. The van der Waals surface area contributed by atoms with Crippen LogP contribution in [0.1, 0.15) is 24.2 Å². The van der Waals surface area contributed by atoms with Crippen molar-refractivity contribution >= 4 is 0 Å². The highest BCUT2D eigenvalue weighted by Gasteiger charge is 2.29. The van der Waals surface area contributed by atoms with Gasteiger partial charge < -0.3 is 10.7 Å². The van der Waals surface area contributed by atoms with E-state index in [4.69, 9.17) is 5.73 Å². The Balaban J connectivity index is 2.08. The van der Waals surface area contributed by atoms with Gasteiger partial charge >= 0.3 is 6.18 Å². The predicted octanol–water partition coefficient (Wildman–Crippen LogP) is 3.38. The molecular formula is C14H16F3N3. The number of halogens is 3. The smallest absolute Gasteiger partial charge is 0.342 e. The number of hydrogen-bond acceptors (Lipinski definition) is 2. The van der Waals surface area contributed by atoms with E-state index in [1.165, 1.54) is 12.1 Å². The lowest BCUT2D eigenvalue weighted by Gasteiger charge is -2.06. The Bertz CT molecular complexity index is 544. The fourth-order valence-corrected chi connectivity index (χ4v) is 1.91. The van der Waals surface area contributed by atoms with Crippen LogP contribution in [-0.4, -0.2) is 16.5 Å². The fraction of sp³-hybridized carbons (Fsp3) is 0.357. The highest BCUT2D eigenvalue weighted by molar-refractivity contribution is 5.58. The number of rotatable bonds is 5. The number of aromatic amines is 1. The zero-order valence-electron chi connectivity index (χ0n) is 10.9. The third kappa shape index (κ3) is 3.60. The molecule has 1 aromatic heterocycles. The quantitative estimate of drug-likeness (QED) is 0.826. The summed E-state index contributed by atoms with van der Waals surface area (Å²) in [5.74, 6) is 0.827. The van der Waals surface area contributed by atoms with Gasteiger partial charge in [0.2, 0.25) is 0 Å². The molecule has 3 nitrogen and oxygen atoms in total. The van der Waals surface area contributed by atoms with E-state index < -0.39 is 11.7 Å². The van der Waals surface area contributed by atoms with Crippen molar-refractivity contribution < 1.29 is 13.2 Å². The number of hydrogen-bond donors (Lipinski definition) is 2. The monoisotopic (exact) mass is 283 g/mol. The molecule has 2 rings (SSSR count). The Morgan fingerprint density at radius 2 is 1.80 bits per heavy atom. The van der Waals surface area contributed by atoms with Crippen molar-refractivity contribution in [3.63, 3.8) is 0 Å². The van der Waals surface area contributed by atoms with Crippen LogP contribution < -0.4 is 5.73 Å². The average Bonchev–Trinajstić information content (AvgIpc) is 2.87. The second-order valence-electron chi connectivity index (χ2n) is 4.56. The Hall–Kier alpha value is -1.82. The average molecular weight is 283 g/mol. The molecular weight excluding hydrogens is 267 g/mol. The molecule has 0 bridgehead atoms. The largest absolute Gasteiger partial charge is 0.416 e. The number of aromatic nitrogens is 2. The van der Waals surface area contributed by atoms with Crippen molar-refractivity contribution in [2.24, 2.45) is 5.73 Å². The van der Waals surface area contributed by atoms with E-state index in [0.717, 1.165) is 42.9 Å². The summed E-state index contributed by atoms with van der Waals surface area (Å²) in [6, 6.07) is 5.04. The molecule has 0 spiro atoms. The summed E-state index contributed by atoms with van der Waals surface area (Å²) in [5, 5.41) is 0. The predicted molar refractivity (Wildman–Crippen MR) is 71.0 cm³/mol. The first-order chi connectivity index (χ1) is 9.50. The minimum Gasteiger partial charge on any atom is -0.342 e. The SMILES string of the molecule is NCCCCc1ncc(-c2ccc(C(F)(F)F)cc2)[nH]1. The third-order valence-corrected chi connectivity index (χ3v) is 3.02. The summed E-state index contributed by atoms with van der Waals surface area (Å²) in [6.45, 7) is 0.645. The zero-order valence-corrected chi connectivity index (χ0v) is 10.9. The van der Waals surface area contributed by atoms with Crippen LogP contribution in [-0.2, 0) is 12.6 Å². The number of imidazole rings is 1. The van der Waals surface area contributed by atoms with Crippen LogP contribution in [0.15, 0.2) is 30.5 Å². The molecule has 0 aliphatic rings. The van der Waals surface area contributed by atoms with Crippen LogP contribution in [0.5, 0.6) is 0 Å². The van der Waals surface area contributed by atoms with Gasteiger partial charge in [-0.05, 0) is 37.1 Å². The molecule has 0 saturated heterocycles. The van der Waals surface area contributed by atoms with Gasteiger partial charge in [-0.25, -0.2) is 4.98 Å². The van der Waals surface area contributed by atoms with E-state index in [1.807, 2.05) is 0 Å². The standard InChI is InChI=1S/C14H16F3N3/c15-14(16,17)11-6-4-10(5-7-11)12-9-19-13(20-12)3-1-2-8-18/h4-7,9H,1-3,8,18H2,(H,19,20). The highest BCUT2D eigenvalue weighted by atomic mass is 19.4. The van der Waals surface area contributed by atoms with Crippen molar-refractivity contribution in [2.45, 2.75) is 25.4 Å². The molecule has 0 fully saturated rings. The van der Waals surface area contributed by atoms with Gasteiger partial charge in [0.1, 0.15) is 5.82 Å². The van der Waals surface area contributed by atoms with Gasteiger partial charge in [0.25, 0.3) is 0 Å². The number of nitrogens with two attached hydrogens (primary N) is 1. The number of nitrogens with zero attached hydrogens (tertiary/aromatic N) is 1. The molecule has 0 aliphatic carbocycles. The lowest BCUT2D eigenvalue weighted by atomic mass is 10.1. The molecule has 0 amide bonds. The summed E-state index contributed by atoms with van der Waals surface area (Å²) in [4.78, 5) is 7.33. The van der Waals surface area contributed by atoms with Crippen LogP contribution in [0.2, 0.25) is 0 Å². The van der Waals surface area contributed by atoms with Gasteiger partial charge in [-0.15, -0.1) is 0 Å². The highest BCUT2D eigenvalue weighted by Crippen LogP contribution is 2.30. The van der Waals surface area contributed by atoms with Crippen molar-refractivity contribution in [1.82, 2.24) is 9.97 Å². The second kappa shape index (κ2) is 6.09. The van der Waals surface area contributed by atoms with Gasteiger partial charge in [-0.2, -0.15) is 13.2 Å². The normalized spacial score (nSPS) is 11.8. The maximum atomic E-state index is 12.5. The lowest BCUT2D eigenvalue weighted by Crippen LogP contribution is -2.04. The lowest BCUT2D eigenvalue weighted by molar-refractivity contribution is -0.137. The Kier molecular flexibility index (Phi) is 4.44. The maximum Gasteiger partial charge on any atom is 0.416 e. The molecule has 6 heteroatoms. The first kappa shape index (κ1) is 14.6. The molecule has 2 aromatic rings. The van der Waals surface area contributed by atoms with Crippen LogP contribution in [0.3, 0.4) is 0 Å². The van der Waals surface area contributed by atoms with Crippen LogP contribution in [0, 0.1) is 0 Å². The van der Waals surface area contributed by atoms with Crippen LogP contribution >= 0.6 is 0 Å². The first-order valence-electron chi connectivity index (χ1n) is 6.42. The van der Waals surface area contributed by atoms with Gasteiger partial charge in [0, 0.05) is 6.42 Å². The van der Waals surface area contributed by atoms with E-state index in [2.05, 4.69) is 9.97 Å². The van der Waals surface area contributed by atoms with Crippen LogP contribution in [0.4, 0.5) is 13.2 Å². The Morgan fingerprint density at radius 3 is 2.40 bits per heavy atom. The summed E-state index contributed by atoms with van der Waals surface area (Å²) >= 11 is 0. The van der Waals surface area contributed by atoms with E-state index in [9.17, 15) is 13.2 Å². The molecule has 1 aromatic carbocycles. The maximum absolute atomic E-state index is 12.5.